The lowest BCUT2D eigenvalue weighted by Gasteiger charge is -2.29. The van der Waals surface area contributed by atoms with E-state index in [2.05, 4.69) is 23.3 Å². The number of methoxy groups -OCH3 is 1. The molecule has 0 bridgehead atoms. The highest BCUT2D eigenvalue weighted by atomic mass is 32.1. The van der Waals surface area contributed by atoms with Gasteiger partial charge < -0.3 is 14.2 Å². The number of nitriles is 1. The number of ether oxygens (including phenoxy) is 1. The summed E-state index contributed by atoms with van der Waals surface area (Å²) in [6.07, 6.45) is 4.15. The van der Waals surface area contributed by atoms with Crippen molar-refractivity contribution >= 4 is 17.2 Å². The summed E-state index contributed by atoms with van der Waals surface area (Å²) in [5, 5.41) is 16.4. The van der Waals surface area contributed by atoms with E-state index in [0.717, 1.165) is 57.2 Å². The molecule has 0 saturated carbocycles. The van der Waals surface area contributed by atoms with E-state index in [1.165, 1.54) is 0 Å². The third kappa shape index (κ3) is 3.36. The lowest BCUT2D eigenvalue weighted by atomic mass is 9.93. The second kappa shape index (κ2) is 8.35. The summed E-state index contributed by atoms with van der Waals surface area (Å²) in [5.41, 5.74) is 4.82. The summed E-state index contributed by atoms with van der Waals surface area (Å²) in [6, 6.07) is 12.6. The van der Waals surface area contributed by atoms with Gasteiger partial charge in [0, 0.05) is 37.5 Å². The average Bonchev–Trinajstić information content (AvgIpc) is 3.68. The van der Waals surface area contributed by atoms with Crippen molar-refractivity contribution in [2.24, 2.45) is 7.05 Å². The normalized spacial score (nSPS) is 18.6. The Kier molecular flexibility index (Phi) is 5.23. The molecule has 0 spiro atoms. The second-order valence-electron chi connectivity index (χ2n) is 9.54. The number of imidazole rings is 1. The van der Waals surface area contributed by atoms with Gasteiger partial charge in [-0.1, -0.05) is 6.07 Å². The molecule has 0 unspecified atom stereocenters. The van der Waals surface area contributed by atoms with Gasteiger partial charge in [-0.25, -0.2) is 4.98 Å². The van der Waals surface area contributed by atoms with Crippen LogP contribution in [0, 0.1) is 11.3 Å². The molecular formula is C27H26N6O2S. The first-order valence-electron chi connectivity index (χ1n) is 12.0. The van der Waals surface area contributed by atoms with Crippen molar-refractivity contribution < 1.29 is 9.53 Å². The van der Waals surface area contributed by atoms with Crippen LogP contribution in [0.4, 0.5) is 0 Å². The molecule has 1 aromatic carbocycles. The maximum absolute atomic E-state index is 13.8. The topological polar surface area (TPSA) is 89.0 Å². The van der Waals surface area contributed by atoms with Crippen LogP contribution >= 0.6 is 11.3 Å². The standard InChI is InChI=1S/C27H26N6O2S/c1-27(16-28)9-5-10-33(27)26(34)25-29-23(22-6-4-13-36-22)24-18-15-19(20-8-11-31(2)30-20)21(35-3)14-17(18)7-12-32(24)25/h4,6,8,11,13-15H,5,7,9-10,12H2,1-3H3/t27-/m1/s1. The lowest BCUT2D eigenvalue weighted by Crippen LogP contribution is -2.45. The van der Waals surface area contributed by atoms with E-state index in [-0.39, 0.29) is 5.91 Å². The number of thiophene rings is 1. The van der Waals surface area contributed by atoms with Crippen molar-refractivity contribution in [2.75, 3.05) is 13.7 Å². The van der Waals surface area contributed by atoms with Gasteiger partial charge in [-0.3, -0.25) is 9.48 Å². The third-order valence-electron chi connectivity index (χ3n) is 7.32. The van der Waals surface area contributed by atoms with E-state index in [1.54, 1.807) is 28.0 Å². The number of fused-ring (bicyclic) bond motifs is 3. The fourth-order valence-corrected chi connectivity index (χ4v) is 6.14. The van der Waals surface area contributed by atoms with Crippen LogP contribution in [0.5, 0.6) is 5.75 Å². The molecule has 36 heavy (non-hydrogen) atoms. The zero-order chi connectivity index (χ0) is 25.0. The molecule has 6 rings (SSSR count). The van der Waals surface area contributed by atoms with Crippen LogP contribution in [0.3, 0.4) is 0 Å². The Bertz CT molecular complexity index is 1530. The van der Waals surface area contributed by atoms with Gasteiger partial charge in [0.25, 0.3) is 5.91 Å². The van der Waals surface area contributed by atoms with Crippen LogP contribution in [0.1, 0.15) is 35.9 Å². The van der Waals surface area contributed by atoms with Gasteiger partial charge in [0.15, 0.2) is 5.82 Å². The first-order valence-corrected chi connectivity index (χ1v) is 12.9. The van der Waals surface area contributed by atoms with Gasteiger partial charge in [0.2, 0.25) is 0 Å². The van der Waals surface area contributed by atoms with Gasteiger partial charge in [-0.2, -0.15) is 10.4 Å². The number of amides is 1. The number of carbonyl (C=O) groups is 1. The molecule has 3 aromatic heterocycles. The van der Waals surface area contributed by atoms with E-state index < -0.39 is 5.54 Å². The van der Waals surface area contributed by atoms with Crippen molar-refractivity contribution in [1.82, 2.24) is 24.2 Å². The minimum absolute atomic E-state index is 0.178. The number of likely N-dealkylation sites (tertiary alicyclic amines) is 1. The van der Waals surface area contributed by atoms with Crippen molar-refractivity contribution in [1.29, 1.82) is 5.26 Å². The molecule has 4 aromatic rings. The SMILES string of the molecule is COc1cc2c(cc1-c1ccn(C)n1)-c1c(-c3cccs3)nc(C(=O)N3CCC[C@]3(C)C#N)n1CC2. The predicted molar refractivity (Wildman–Crippen MR) is 138 cm³/mol. The van der Waals surface area contributed by atoms with Gasteiger partial charge in [-0.15, -0.1) is 11.3 Å². The summed E-state index contributed by atoms with van der Waals surface area (Å²) in [5.74, 6) is 0.997. The van der Waals surface area contributed by atoms with Crippen molar-refractivity contribution in [2.45, 2.75) is 38.3 Å². The van der Waals surface area contributed by atoms with E-state index in [0.29, 0.717) is 25.3 Å². The Morgan fingerprint density at radius 1 is 1.25 bits per heavy atom. The monoisotopic (exact) mass is 498 g/mol. The Hall–Kier alpha value is -3.90. The largest absolute Gasteiger partial charge is 0.496 e. The number of hydrogen-bond donors (Lipinski definition) is 0. The first kappa shape index (κ1) is 22.6. The van der Waals surface area contributed by atoms with Crippen LogP contribution in [-0.4, -0.2) is 49.3 Å². The van der Waals surface area contributed by atoms with Gasteiger partial charge in [0.05, 0.1) is 29.4 Å². The van der Waals surface area contributed by atoms with Crippen molar-refractivity contribution in [3.05, 3.63) is 53.3 Å². The lowest BCUT2D eigenvalue weighted by molar-refractivity contribution is 0.0675. The minimum Gasteiger partial charge on any atom is -0.496 e. The molecule has 5 heterocycles. The highest BCUT2D eigenvalue weighted by Gasteiger charge is 2.42. The Morgan fingerprint density at radius 2 is 2.11 bits per heavy atom. The van der Waals surface area contributed by atoms with Gasteiger partial charge in [0.1, 0.15) is 17.0 Å². The van der Waals surface area contributed by atoms with E-state index in [9.17, 15) is 10.1 Å². The Morgan fingerprint density at radius 3 is 2.81 bits per heavy atom. The number of carbonyl (C=O) groups excluding carboxylic acids is 1. The fraction of sp³-hybridized carbons (Fsp3) is 0.333. The summed E-state index contributed by atoms with van der Waals surface area (Å²) >= 11 is 1.60. The molecule has 1 saturated heterocycles. The van der Waals surface area contributed by atoms with E-state index >= 15 is 0 Å². The van der Waals surface area contributed by atoms with E-state index in [4.69, 9.17) is 9.72 Å². The molecule has 8 nitrogen and oxygen atoms in total. The fourth-order valence-electron chi connectivity index (χ4n) is 5.43. The maximum Gasteiger partial charge on any atom is 0.291 e. The summed E-state index contributed by atoms with van der Waals surface area (Å²) in [4.78, 5) is 21.5. The molecule has 1 fully saturated rings. The quantitative estimate of drug-likeness (QED) is 0.405. The highest BCUT2D eigenvalue weighted by Crippen LogP contribution is 2.44. The zero-order valence-electron chi connectivity index (χ0n) is 20.5. The van der Waals surface area contributed by atoms with Gasteiger partial charge in [-0.05, 0) is 61.4 Å². The maximum atomic E-state index is 13.8. The van der Waals surface area contributed by atoms with Crippen LogP contribution in [0.15, 0.2) is 41.9 Å². The van der Waals surface area contributed by atoms with Crippen LogP contribution in [-0.2, 0) is 20.0 Å². The number of hydrogen-bond acceptors (Lipinski definition) is 6. The van der Waals surface area contributed by atoms with Crippen molar-refractivity contribution in [3.63, 3.8) is 0 Å². The highest BCUT2D eigenvalue weighted by molar-refractivity contribution is 7.13. The average molecular weight is 499 g/mol. The van der Waals surface area contributed by atoms with Gasteiger partial charge >= 0.3 is 0 Å². The Labute approximate surface area is 213 Å². The third-order valence-corrected chi connectivity index (χ3v) is 8.19. The van der Waals surface area contributed by atoms with Crippen molar-refractivity contribution in [3.8, 4) is 44.9 Å². The molecule has 0 aliphatic carbocycles. The molecule has 182 valence electrons. The number of aromatic nitrogens is 4. The number of rotatable bonds is 4. The molecule has 2 aliphatic heterocycles. The molecular weight excluding hydrogens is 472 g/mol. The smallest absolute Gasteiger partial charge is 0.291 e. The molecule has 2 aliphatic rings. The molecule has 1 amide bonds. The molecule has 1 atom stereocenters. The predicted octanol–water partition coefficient (Wildman–Crippen LogP) is 4.76. The minimum atomic E-state index is -0.807. The summed E-state index contributed by atoms with van der Waals surface area (Å²) < 4.78 is 9.57. The van der Waals surface area contributed by atoms with Crippen LogP contribution in [0.2, 0.25) is 0 Å². The summed E-state index contributed by atoms with van der Waals surface area (Å²) in [6.45, 7) is 3.04. The molecule has 0 radical (unpaired) electrons. The first-order chi connectivity index (χ1) is 17.4. The van der Waals surface area contributed by atoms with Crippen LogP contribution in [0.25, 0.3) is 33.1 Å². The summed E-state index contributed by atoms with van der Waals surface area (Å²) in [7, 11) is 3.57. The molecule has 9 heteroatoms. The van der Waals surface area contributed by atoms with Crippen LogP contribution < -0.4 is 4.74 Å². The van der Waals surface area contributed by atoms with E-state index in [1.807, 2.05) is 48.3 Å². The number of nitrogens with zero attached hydrogens (tertiary/aromatic N) is 6. The number of benzene rings is 1. The second-order valence-corrected chi connectivity index (χ2v) is 10.5. The number of aryl methyl sites for hydroxylation is 2. The Balaban J connectivity index is 1.56. The zero-order valence-corrected chi connectivity index (χ0v) is 21.3. The molecule has 0 N–H and O–H groups in total.